The van der Waals surface area contributed by atoms with Crippen molar-refractivity contribution in [3.8, 4) is 0 Å². The van der Waals surface area contributed by atoms with Gasteiger partial charge in [0.1, 0.15) is 0 Å². The predicted octanol–water partition coefficient (Wildman–Crippen LogP) is 3.05. The quantitative estimate of drug-likeness (QED) is 0.855. The monoisotopic (exact) mass is 268 g/mol. The summed E-state index contributed by atoms with van der Waals surface area (Å²) in [7, 11) is 1.78. The van der Waals surface area contributed by atoms with Crippen LogP contribution in [-0.4, -0.2) is 36.1 Å². The molecule has 3 aliphatic rings. The molecule has 3 nitrogen and oxygen atoms in total. The van der Waals surface area contributed by atoms with Crippen LogP contribution in [0.25, 0.3) is 0 Å². The van der Waals surface area contributed by atoms with Crippen LogP contribution in [-0.2, 0) is 9.47 Å². The molecule has 1 saturated heterocycles. The Morgan fingerprint density at radius 2 is 1.74 bits per heavy atom. The van der Waals surface area contributed by atoms with Gasteiger partial charge in [0.25, 0.3) is 0 Å². The van der Waals surface area contributed by atoms with E-state index in [1.54, 1.807) is 7.11 Å². The van der Waals surface area contributed by atoms with Gasteiger partial charge in [-0.3, -0.25) is 0 Å². The topological polar surface area (TPSA) is 38.7 Å². The van der Waals surface area contributed by atoms with Crippen LogP contribution in [0.3, 0.4) is 0 Å². The fraction of sp³-hybridized carbons (Fsp3) is 1.00. The van der Waals surface area contributed by atoms with Gasteiger partial charge in [-0.05, 0) is 44.4 Å². The van der Waals surface area contributed by atoms with E-state index in [-0.39, 0.29) is 17.3 Å². The highest BCUT2D eigenvalue weighted by Crippen LogP contribution is 2.46. The van der Waals surface area contributed by atoms with Crippen LogP contribution >= 0.6 is 0 Å². The third-order valence-corrected chi connectivity index (χ3v) is 5.89. The first-order valence-electron chi connectivity index (χ1n) is 8.07. The molecular formula is C16H28O3. The summed E-state index contributed by atoms with van der Waals surface area (Å²) in [5, 5.41) is 10.9. The van der Waals surface area contributed by atoms with Gasteiger partial charge >= 0.3 is 0 Å². The molecule has 1 N–H and O–H groups in total. The van der Waals surface area contributed by atoms with E-state index in [1.165, 1.54) is 38.5 Å². The molecular weight excluding hydrogens is 240 g/mol. The Labute approximate surface area is 116 Å². The normalized spacial score (nSPS) is 34.7. The van der Waals surface area contributed by atoms with Gasteiger partial charge in [-0.2, -0.15) is 0 Å². The molecule has 2 atom stereocenters. The van der Waals surface area contributed by atoms with Crippen LogP contribution in [0.1, 0.15) is 64.2 Å². The van der Waals surface area contributed by atoms with Crippen molar-refractivity contribution in [3.63, 3.8) is 0 Å². The van der Waals surface area contributed by atoms with Gasteiger partial charge in [-0.25, -0.2) is 0 Å². The van der Waals surface area contributed by atoms with Crippen LogP contribution < -0.4 is 0 Å². The molecule has 0 aromatic rings. The van der Waals surface area contributed by atoms with Gasteiger partial charge in [0.15, 0.2) is 0 Å². The maximum absolute atomic E-state index is 10.9. The van der Waals surface area contributed by atoms with Crippen molar-refractivity contribution < 1.29 is 14.6 Å². The van der Waals surface area contributed by atoms with E-state index < -0.39 is 0 Å². The molecule has 2 unspecified atom stereocenters. The number of hydrogen-bond acceptors (Lipinski definition) is 3. The lowest BCUT2D eigenvalue weighted by molar-refractivity contribution is -0.163. The second kappa shape index (κ2) is 5.34. The Bertz CT molecular complexity index is 303. The SMILES string of the molecule is COC1(C(O)C2CCOC3(CCCC3)C2)CCCC1. The first-order chi connectivity index (χ1) is 9.20. The summed E-state index contributed by atoms with van der Waals surface area (Å²) in [6.07, 6.45) is 11.1. The molecule has 19 heavy (non-hydrogen) atoms. The third-order valence-electron chi connectivity index (χ3n) is 5.89. The van der Waals surface area contributed by atoms with Crippen LogP contribution in [0, 0.1) is 5.92 Å². The van der Waals surface area contributed by atoms with Crippen LogP contribution in [0.15, 0.2) is 0 Å². The fourth-order valence-corrected chi connectivity index (χ4v) is 4.73. The highest BCUT2D eigenvalue weighted by Gasteiger charge is 2.49. The highest BCUT2D eigenvalue weighted by molar-refractivity contribution is 5.00. The Hall–Kier alpha value is -0.120. The van der Waals surface area contributed by atoms with Crippen molar-refractivity contribution in [3.05, 3.63) is 0 Å². The smallest absolute Gasteiger partial charge is 0.0939 e. The van der Waals surface area contributed by atoms with E-state index in [9.17, 15) is 5.11 Å². The minimum Gasteiger partial charge on any atom is -0.390 e. The maximum Gasteiger partial charge on any atom is 0.0939 e. The van der Waals surface area contributed by atoms with Gasteiger partial charge in [-0.1, -0.05) is 25.7 Å². The molecule has 2 saturated carbocycles. The first-order valence-corrected chi connectivity index (χ1v) is 8.07. The second-order valence-electron chi connectivity index (χ2n) is 6.91. The van der Waals surface area contributed by atoms with E-state index in [1.807, 2.05) is 0 Å². The molecule has 1 aliphatic heterocycles. The number of aliphatic hydroxyl groups is 1. The standard InChI is InChI=1S/C16H28O3/c1-18-16(9-4-5-10-16)14(17)13-6-11-19-15(12-13)7-2-3-8-15/h13-14,17H,2-12H2,1H3. The van der Waals surface area contributed by atoms with Crippen molar-refractivity contribution in [1.82, 2.24) is 0 Å². The molecule has 3 heteroatoms. The number of methoxy groups -OCH3 is 1. The van der Waals surface area contributed by atoms with Crippen molar-refractivity contribution >= 4 is 0 Å². The Kier molecular flexibility index (Phi) is 3.89. The molecule has 3 rings (SSSR count). The largest absolute Gasteiger partial charge is 0.390 e. The number of rotatable bonds is 3. The minimum absolute atomic E-state index is 0.0947. The summed E-state index contributed by atoms with van der Waals surface area (Å²) in [6, 6.07) is 0. The van der Waals surface area contributed by atoms with Crippen LogP contribution in [0.4, 0.5) is 0 Å². The van der Waals surface area contributed by atoms with E-state index in [2.05, 4.69) is 0 Å². The zero-order chi connectivity index (χ0) is 13.3. The summed E-state index contributed by atoms with van der Waals surface area (Å²) in [5.41, 5.74) is -0.167. The molecule has 110 valence electrons. The van der Waals surface area contributed by atoms with Gasteiger partial charge in [0.05, 0.1) is 17.3 Å². The molecule has 0 radical (unpaired) electrons. The summed E-state index contributed by atoms with van der Waals surface area (Å²) in [5.74, 6) is 0.366. The Morgan fingerprint density at radius 3 is 2.37 bits per heavy atom. The number of ether oxygens (including phenoxy) is 2. The lowest BCUT2D eigenvalue weighted by atomic mass is 9.76. The molecule has 1 spiro atoms. The summed E-state index contributed by atoms with van der Waals surface area (Å²) < 4.78 is 11.9. The first kappa shape index (κ1) is 13.8. The van der Waals surface area contributed by atoms with E-state index in [4.69, 9.17) is 9.47 Å². The number of aliphatic hydroxyl groups excluding tert-OH is 1. The molecule has 0 aromatic heterocycles. The van der Waals surface area contributed by atoms with E-state index in [0.29, 0.717) is 5.92 Å². The van der Waals surface area contributed by atoms with E-state index in [0.717, 1.165) is 32.3 Å². The molecule has 2 aliphatic carbocycles. The Morgan fingerprint density at radius 1 is 1.11 bits per heavy atom. The molecule has 0 bridgehead atoms. The van der Waals surface area contributed by atoms with Gasteiger partial charge in [-0.15, -0.1) is 0 Å². The van der Waals surface area contributed by atoms with Crippen molar-refractivity contribution in [1.29, 1.82) is 0 Å². The lowest BCUT2D eigenvalue weighted by Crippen LogP contribution is -2.50. The second-order valence-corrected chi connectivity index (χ2v) is 6.91. The molecule has 0 amide bonds. The summed E-state index contributed by atoms with van der Waals surface area (Å²) in [4.78, 5) is 0. The molecule has 0 aromatic carbocycles. The fourth-order valence-electron chi connectivity index (χ4n) is 4.73. The highest BCUT2D eigenvalue weighted by atomic mass is 16.5. The number of hydrogen-bond donors (Lipinski definition) is 1. The summed E-state index contributed by atoms with van der Waals surface area (Å²) >= 11 is 0. The lowest BCUT2D eigenvalue weighted by Gasteiger charge is -2.44. The van der Waals surface area contributed by atoms with E-state index >= 15 is 0 Å². The molecule has 3 fully saturated rings. The van der Waals surface area contributed by atoms with Gasteiger partial charge in [0.2, 0.25) is 0 Å². The average Bonchev–Trinajstić information content (AvgIpc) is 3.08. The minimum atomic E-state index is -0.304. The van der Waals surface area contributed by atoms with Crippen molar-refractivity contribution in [2.75, 3.05) is 13.7 Å². The van der Waals surface area contributed by atoms with Crippen molar-refractivity contribution in [2.24, 2.45) is 5.92 Å². The Balaban J connectivity index is 1.70. The van der Waals surface area contributed by atoms with Gasteiger partial charge < -0.3 is 14.6 Å². The zero-order valence-corrected chi connectivity index (χ0v) is 12.2. The van der Waals surface area contributed by atoms with Crippen molar-refractivity contribution in [2.45, 2.75) is 81.5 Å². The zero-order valence-electron chi connectivity index (χ0n) is 12.2. The summed E-state index contributed by atoms with van der Waals surface area (Å²) in [6.45, 7) is 0.821. The maximum atomic E-state index is 10.9. The third kappa shape index (κ3) is 2.45. The van der Waals surface area contributed by atoms with Gasteiger partial charge in [0, 0.05) is 13.7 Å². The van der Waals surface area contributed by atoms with Crippen LogP contribution in [0.5, 0.6) is 0 Å². The predicted molar refractivity (Wildman–Crippen MR) is 74.1 cm³/mol. The van der Waals surface area contributed by atoms with Crippen LogP contribution in [0.2, 0.25) is 0 Å². The average molecular weight is 268 g/mol. The molecule has 1 heterocycles.